The van der Waals surface area contributed by atoms with E-state index in [4.69, 9.17) is 0 Å². The maximum atomic E-state index is 13.0. The minimum atomic E-state index is -1.55. The van der Waals surface area contributed by atoms with E-state index in [0.29, 0.717) is 30.1 Å². The smallest absolute Gasteiger partial charge is 0.204 e. The first-order valence-electron chi connectivity index (χ1n) is 8.65. The van der Waals surface area contributed by atoms with Crippen LogP contribution >= 0.6 is 0 Å². The maximum absolute atomic E-state index is 13.0. The van der Waals surface area contributed by atoms with E-state index in [1.165, 1.54) is 0 Å². The Morgan fingerprint density at radius 3 is 2.88 bits per heavy atom. The van der Waals surface area contributed by atoms with Crippen molar-refractivity contribution in [2.24, 2.45) is 4.99 Å². The van der Waals surface area contributed by atoms with E-state index in [-0.39, 0.29) is 5.78 Å². The highest BCUT2D eigenvalue weighted by molar-refractivity contribution is 6.28. The van der Waals surface area contributed by atoms with Crippen molar-refractivity contribution in [3.05, 3.63) is 66.0 Å². The first kappa shape index (κ1) is 15.2. The molecule has 1 fully saturated rings. The van der Waals surface area contributed by atoms with Crippen molar-refractivity contribution in [3.63, 3.8) is 0 Å². The second-order valence-corrected chi connectivity index (χ2v) is 6.95. The molecule has 0 amide bonds. The van der Waals surface area contributed by atoms with Crippen LogP contribution in [0.2, 0.25) is 0 Å². The fourth-order valence-electron chi connectivity index (χ4n) is 3.84. The van der Waals surface area contributed by atoms with E-state index in [9.17, 15) is 9.90 Å². The molecule has 1 N–H and O–H groups in total. The SMILES string of the molecule is Cc1ccc2c(c1)C(=O)[C@]1(O)CCN(c3ccc4ccncc4c3)C1=N2. The van der Waals surface area contributed by atoms with Gasteiger partial charge in [-0.3, -0.25) is 9.78 Å². The molecule has 0 radical (unpaired) electrons. The van der Waals surface area contributed by atoms with E-state index >= 15 is 0 Å². The predicted octanol–water partition coefficient (Wildman–Crippen LogP) is 3.41. The summed E-state index contributed by atoms with van der Waals surface area (Å²) in [5.74, 6) is 0.160. The lowest BCUT2D eigenvalue weighted by molar-refractivity contribution is 0.0602. The Labute approximate surface area is 150 Å². The summed E-state index contributed by atoms with van der Waals surface area (Å²) in [7, 11) is 0. The summed E-state index contributed by atoms with van der Waals surface area (Å²) in [6.07, 6.45) is 3.91. The average molecular weight is 343 g/mol. The Bertz CT molecular complexity index is 1110. The van der Waals surface area contributed by atoms with Gasteiger partial charge in [-0.2, -0.15) is 0 Å². The lowest BCUT2D eigenvalue weighted by Crippen LogP contribution is -2.48. The Kier molecular flexibility index (Phi) is 3.06. The summed E-state index contributed by atoms with van der Waals surface area (Å²) in [6, 6.07) is 13.6. The molecule has 0 unspecified atom stereocenters. The monoisotopic (exact) mass is 343 g/mol. The summed E-state index contributed by atoms with van der Waals surface area (Å²) in [6.45, 7) is 2.47. The minimum absolute atomic E-state index is 0.258. The number of anilines is 1. The topological polar surface area (TPSA) is 65.8 Å². The van der Waals surface area contributed by atoms with Crippen LogP contribution in [0.4, 0.5) is 11.4 Å². The number of hydrogen-bond acceptors (Lipinski definition) is 5. The van der Waals surface area contributed by atoms with E-state index in [1.54, 1.807) is 12.3 Å². The van der Waals surface area contributed by atoms with Crippen molar-refractivity contribution in [1.29, 1.82) is 0 Å². The highest BCUT2D eigenvalue weighted by atomic mass is 16.3. The fourth-order valence-corrected chi connectivity index (χ4v) is 3.84. The summed E-state index contributed by atoms with van der Waals surface area (Å²) in [5, 5.41) is 13.2. The van der Waals surface area contributed by atoms with Crippen molar-refractivity contribution >= 4 is 33.8 Å². The van der Waals surface area contributed by atoms with Gasteiger partial charge in [-0.25, -0.2) is 4.99 Å². The number of benzene rings is 2. The van der Waals surface area contributed by atoms with Gasteiger partial charge in [0.1, 0.15) is 5.84 Å². The average Bonchev–Trinajstić information content (AvgIpc) is 3.00. The molecule has 1 saturated heterocycles. The second-order valence-electron chi connectivity index (χ2n) is 6.95. The van der Waals surface area contributed by atoms with Gasteiger partial charge in [0.25, 0.3) is 0 Å². The number of hydrogen-bond donors (Lipinski definition) is 1. The lowest BCUT2D eigenvalue weighted by Gasteiger charge is -2.30. The van der Waals surface area contributed by atoms with Gasteiger partial charge in [-0.1, -0.05) is 17.7 Å². The van der Waals surface area contributed by atoms with E-state index in [1.807, 2.05) is 54.4 Å². The molecule has 26 heavy (non-hydrogen) atoms. The molecule has 0 bridgehead atoms. The molecule has 1 atom stereocenters. The largest absolute Gasteiger partial charge is 0.374 e. The molecule has 0 saturated carbocycles. The number of ketones is 1. The standard InChI is InChI=1S/C21H17N3O2/c1-13-2-5-18-17(10-13)19(25)21(26)7-9-24(20(21)23-18)16-4-3-14-6-8-22-12-15(14)11-16/h2-6,8,10-12,26H,7,9H2,1H3/t21-/m1/s1. The highest BCUT2D eigenvalue weighted by Crippen LogP contribution is 2.40. The molecule has 3 aromatic rings. The highest BCUT2D eigenvalue weighted by Gasteiger charge is 2.52. The van der Waals surface area contributed by atoms with Gasteiger partial charge in [-0.05, 0) is 42.6 Å². The van der Waals surface area contributed by atoms with Crippen LogP contribution < -0.4 is 4.90 Å². The van der Waals surface area contributed by atoms with Gasteiger partial charge < -0.3 is 10.0 Å². The molecule has 2 aliphatic heterocycles. The molecule has 5 nitrogen and oxygen atoms in total. The number of aryl methyl sites for hydroxylation is 1. The van der Waals surface area contributed by atoms with Crippen molar-refractivity contribution in [2.45, 2.75) is 18.9 Å². The van der Waals surface area contributed by atoms with Crippen LogP contribution in [-0.4, -0.2) is 33.9 Å². The maximum Gasteiger partial charge on any atom is 0.204 e. The lowest BCUT2D eigenvalue weighted by atomic mass is 9.87. The number of Topliss-reactive ketones (excluding diaryl/α,β-unsaturated/α-hetero) is 1. The predicted molar refractivity (Wildman–Crippen MR) is 101 cm³/mol. The summed E-state index contributed by atoms with van der Waals surface area (Å²) < 4.78 is 0. The number of aliphatic hydroxyl groups is 1. The number of carbonyl (C=O) groups excluding carboxylic acids is 1. The van der Waals surface area contributed by atoms with Crippen LogP contribution in [-0.2, 0) is 0 Å². The fraction of sp³-hybridized carbons (Fsp3) is 0.190. The molecule has 2 aliphatic rings. The summed E-state index contributed by atoms with van der Waals surface area (Å²) in [4.78, 5) is 23.8. The first-order valence-corrected chi connectivity index (χ1v) is 8.65. The number of pyridine rings is 1. The van der Waals surface area contributed by atoms with Gasteiger partial charge in [0.2, 0.25) is 5.78 Å². The quantitative estimate of drug-likeness (QED) is 0.735. The number of amidine groups is 1. The molecule has 5 rings (SSSR count). The Morgan fingerprint density at radius 2 is 2.00 bits per heavy atom. The number of aromatic nitrogens is 1. The van der Waals surface area contributed by atoms with Crippen LogP contribution in [0.25, 0.3) is 10.8 Å². The minimum Gasteiger partial charge on any atom is -0.374 e. The number of aliphatic imine (C=N–C) groups is 1. The summed E-state index contributed by atoms with van der Waals surface area (Å²) in [5.41, 5.74) is 1.46. The molecule has 3 heterocycles. The van der Waals surface area contributed by atoms with Gasteiger partial charge in [0, 0.05) is 42.0 Å². The Balaban J connectivity index is 1.66. The third-order valence-corrected chi connectivity index (χ3v) is 5.26. The molecule has 128 valence electrons. The number of nitrogens with zero attached hydrogens (tertiary/aromatic N) is 3. The second kappa shape index (κ2) is 5.22. The molecule has 2 aromatic carbocycles. The zero-order valence-corrected chi connectivity index (χ0v) is 14.3. The number of fused-ring (bicyclic) bond motifs is 3. The molecular weight excluding hydrogens is 326 g/mol. The normalized spacial score (nSPS) is 21.5. The zero-order valence-electron chi connectivity index (χ0n) is 14.3. The van der Waals surface area contributed by atoms with E-state index < -0.39 is 5.60 Å². The molecule has 1 aromatic heterocycles. The number of rotatable bonds is 1. The number of carbonyl (C=O) groups is 1. The third-order valence-electron chi connectivity index (χ3n) is 5.26. The van der Waals surface area contributed by atoms with Crippen molar-refractivity contribution in [1.82, 2.24) is 4.98 Å². The van der Waals surface area contributed by atoms with Crippen LogP contribution in [0, 0.1) is 6.92 Å². The van der Waals surface area contributed by atoms with Crippen LogP contribution in [0.1, 0.15) is 22.3 Å². The molecule has 0 aliphatic carbocycles. The van der Waals surface area contributed by atoms with E-state index in [0.717, 1.165) is 22.0 Å². The first-order chi connectivity index (χ1) is 12.6. The van der Waals surface area contributed by atoms with Gasteiger partial charge in [-0.15, -0.1) is 0 Å². The van der Waals surface area contributed by atoms with Crippen LogP contribution in [0.5, 0.6) is 0 Å². The molecule has 0 spiro atoms. The summed E-state index contributed by atoms with van der Waals surface area (Å²) >= 11 is 0. The van der Waals surface area contributed by atoms with Crippen LogP contribution in [0.3, 0.4) is 0 Å². The van der Waals surface area contributed by atoms with Gasteiger partial charge in [0.15, 0.2) is 5.60 Å². The third kappa shape index (κ3) is 2.04. The van der Waals surface area contributed by atoms with Crippen molar-refractivity contribution in [2.75, 3.05) is 11.4 Å². The van der Waals surface area contributed by atoms with Crippen molar-refractivity contribution < 1.29 is 9.90 Å². The van der Waals surface area contributed by atoms with Crippen LogP contribution in [0.15, 0.2) is 59.9 Å². The zero-order chi connectivity index (χ0) is 17.9. The van der Waals surface area contributed by atoms with Gasteiger partial charge in [0.05, 0.1) is 5.69 Å². The Hall–Kier alpha value is -3.05. The molecular formula is C21H17N3O2. The molecule has 5 heteroatoms. The van der Waals surface area contributed by atoms with E-state index in [2.05, 4.69) is 9.98 Å². The Morgan fingerprint density at radius 1 is 1.12 bits per heavy atom. The van der Waals surface area contributed by atoms with Crippen molar-refractivity contribution in [3.8, 4) is 0 Å². The van der Waals surface area contributed by atoms with Gasteiger partial charge >= 0.3 is 0 Å².